The van der Waals surface area contributed by atoms with Gasteiger partial charge in [-0.15, -0.1) is 0 Å². The van der Waals surface area contributed by atoms with Crippen molar-refractivity contribution in [1.29, 1.82) is 0 Å². The zero-order valence-corrected chi connectivity index (χ0v) is 19.1. The fraction of sp³-hybridized carbons (Fsp3) is 0.474. The zero-order valence-electron chi connectivity index (χ0n) is 19.1. The van der Waals surface area contributed by atoms with Crippen molar-refractivity contribution in [3.63, 3.8) is 0 Å². The molecule has 0 aliphatic heterocycles. The average Bonchev–Trinajstić information content (AvgIpc) is 2.81. The number of hydrazine groups is 1. The number of benzene rings is 1. The first-order valence-electron chi connectivity index (χ1n) is 9.77. The van der Waals surface area contributed by atoms with E-state index < -0.39 is 65.4 Å². The van der Waals surface area contributed by atoms with Gasteiger partial charge in [-0.1, -0.05) is 18.2 Å². The van der Waals surface area contributed by atoms with Gasteiger partial charge in [-0.3, -0.25) is 10.2 Å². The third-order valence-corrected chi connectivity index (χ3v) is 4.67. The Labute approximate surface area is 215 Å². The Hall–Kier alpha value is -3.49. The number of esters is 1. The van der Waals surface area contributed by atoms with Crippen LogP contribution in [0.5, 0.6) is 0 Å². The molecule has 1 aromatic carbocycles. The van der Waals surface area contributed by atoms with E-state index in [9.17, 15) is 84.2 Å². The lowest BCUT2D eigenvalue weighted by Crippen LogP contribution is -2.74. The number of alkyl halides is 17. The molecule has 0 heterocycles. The largest absolute Gasteiger partial charge is 0.473 e. The van der Waals surface area contributed by atoms with Crippen LogP contribution in [-0.2, 0) is 9.53 Å². The summed E-state index contributed by atoms with van der Waals surface area (Å²) in [7, 11) is 0. The van der Waals surface area contributed by atoms with Crippen LogP contribution in [0.2, 0.25) is 0 Å². The molecule has 2 N–H and O–H groups in total. The summed E-state index contributed by atoms with van der Waals surface area (Å²) >= 11 is 0. The summed E-state index contributed by atoms with van der Waals surface area (Å²) in [5, 5.41) is 0. The molecular formula is C19H11F17N2O3. The van der Waals surface area contributed by atoms with Crippen molar-refractivity contribution in [2.75, 3.05) is 0 Å². The highest BCUT2D eigenvalue weighted by Crippen LogP contribution is 2.64. The maximum Gasteiger partial charge on any atom is 0.473 e. The van der Waals surface area contributed by atoms with Crippen molar-refractivity contribution in [2.24, 2.45) is 0 Å². The molecule has 41 heavy (non-hydrogen) atoms. The molecule has 5 nitrogen and oxygen atoms in total. The standard InChI is InChI=1S/C19H11F17N2O3/c1-8(37-38-11(40)9-5-3-2-4-6-9)7-10(39)41-19(35,36)17(30,31)15(26,27)13(22,23)12(20,21)14(24,25)16(28,29)18(32,33)34/h2-7,37H,1H3,(H,38,40). The predicted octanol–water partition coefficient (Wildman–Crippen LogP) is 6.33. The summed E-state index contributed by atoms with van der Waals surface area (Å²) in [5.74, 6) is -55.2. The lowest BCUT2D eigenvalue weighted by molar-refractivity contribution is -0.473. The van der Waals surface area contributed by atoms with Crippen LogP contribution in [-0.4, -0.2) is 59.7 Å². The van der Waals surface area contributed by atoms with E-state index in [-0.39, 0.29) is 11.6 Å². The number of ether oxygens (including phenoxy) is 1. The van der Waals surface area contributed by atoms with Crippen LogP contribution in [0.3, 0.4) is 0 Å². The second-order valence-electron chi connectivity index (χ2n) is 7.65. The third kappa shape index (κ3) is 5.95. The summed E-state index contributed by atoms with van der Waals surface area (Å²) in [6.07, 6.45) is -15.6. The molecule has 0 fully saturated rings. The summed E-state index contributed by atoms with van der Waals surface area (Å²) in [6, 6.07) is 6.61. The first kappa shape index (κ1) is 35.5. The van der Waals surface area contributed by atoms with Crippen molar-refractivity contribution < 1.29 is 89.0 Å². The molecule has 0 saturated heterocycles. The van der Waals surface area contributed by atoms with E-state index in [1.165, 1.54) is 30.3 Å². The van der Waals surface area contributed by atoms with Crippen LogP contribution in [0.25, 0.3) is 0 Å². The summed E-state index contributed by atoms with van der Waals surface area (Å²) in [5.41, 5.74) is 2.64. The van der Waals surface area contributed by atoms with Crippen molar-refractivity contribution in [1.82, 2.24) is 10.9 Å². The van der Waals surface area contributed by atoms with Crippen LogP contribution in [0.1, 0.15) is 17.3 Å². The van der Waals surface area contributed by atoms with Gasteiger partial charge in [-0.2, -0.15) is 74.6 Å². The van der Waals surface area contributed by atoms with Gasteiger partial charge in [0.15, 0.2) is 0 Å². The number of allylic oxidation sites excluding steroid dienone is 1. The Balaban J connectivity index is 3.27. The molecule has 0 radical (unpaired) electrons. The first-order valence-corrected chi connectivity index (χ1v) is 9.77. The molecule has 0 aliphatic carbocycles. The van der Waals surface area contributed by atoms with Gasteiger partial charge in [-0.25, -0.2) is 4.79 Å². The van der Waals surface area contributed by atoms with E-state index >= 15 is 0 Å². The van der Waals surface area contributed by atoms with Gasteiger partial charge in [-0.05, 0) is 19.1 Å². The molecular weight excluding hydrogens is 627 g/mol. The van der Waals surface area contributed by atoms with Crippen LogP contribution in [0.4, 0.5) is 74.6 Å². The Morgan fingerprint density at radius 2 is 1.00 bits per heavy atom. The minimum absolute atomic E-state index is 0.0694. The van der Waals surface area contributed by atoms with Gasteiger partial charge in [0.05, 0.1) is 0 Å². The van der Waals surface area contributed by atoms with Crippen LogP contribution in [0, 0.1) is 0 Å². The zero-order chi connectivity index (χ0) is 32.7. The minimum Gasteiger partial charge on any atom is -0.393 e. The van der Waals surface area contributed by atoms with Crippen molar-refractivity contribution in [3.8, 4) is 0 Å². The first-order chi connectivity index (χ1) is 18.0. The number of carbonyl (C=O) groups is 2. The average molecular weight is 638 g/mol. The number of halogens is 17. The van der Waals surface area contributed by atoms with E-state index in [0.717, 1.165) is 0 Å². The van der Waals surface area contributed by atoms with E-state index in [2.05, 4.69) is 4.74 Å². The SMILES string of the molecule is CC(=CC(=O)OC(F)(F)C(F)(F)C(F)(F)C(F)(F)C(F)(F)C(F)(F)C(F)(F)C(F)(F)F)NNC(=O)c1ccccc1. The molecule has 0 spiro atoms. The lowest BCUT2D eigenvalue weighted by Gasteiger charge is -2.42. The number of rotatable bonds is 11. The monoisotopic (exact) mass is 638 g/mol. The van der Waals surface area contributed by atoms with Crippen molar-refractivity contribution >= 4 is 11.9 Å². The molecule has 1 amide bonds. The molecule has 0 atom stereocenters. The molecule has 0 aromatic heterocycles. The molecule has 234 valence electrons. The minimum atomic E-state index is -8.80. The molecule has 22 heteroatoms. The Morgan fingerprint density at radius 3 is 1.41 bits per heavy atom. The van der Waals surface area contributed by atoms with Crippen molar-refractivity contribution in [3.05, 3.63) is 47.7 Å². The Morgan fingerprint density at radius 1 is 0.610 bits per heavy atom. The maximum absolute atomic E-state index is 13.7. The van der Waals surface area contributed by atoms with Gasteiger partial charge < -0.3 is 10.2 Å². The Bertz CT molecular complexity index is 1150. The number of amides is 1. The van der Waals surface area contributed by atoms with Crippen molar-refractivity contribution in [2.45, 2.75) is 54.7 Å². The number of carbonyl (C=O) groups excluding carboxylic acids is 2. The molecule has 1 rings (SSSR count). The van der Waals surface area contributed by atoms with Gasteiger partial charge in [0.2, 0.25) is 0 Å². The number of hydrogen-bond acceptors (Lipinski definition) is 4. The molecule has 0 unspecified atom stereocenters. The normalized spacial score (nSPS) is 14.9. The fourth-order valence-electron chi connectivity index (χ4n) is 2.40. The summed E-state index contributed by atoms with van der Waals surface area (Å²) in [6.45, 7) is 0.676. The molecule has 0 bridgehead atoms. The quantitative estimate of drug-likeness (QED) is 0.129. The van der Waals surface area contributed by atoms with E-state index in [4.69, 9.17) is 0 Å². The molecule has 0 aliphatic rings. The van der Waals surface area contributed by atoms with Crippen LogP contribution < -0.4 is 10.9 Å². The van der Waals surface area contributed by atoms with Gasteiger partial charge in [0, 0.05) is 17.3 Å². The summed E-state index contributed by atoms with van der Waals surface area (Å²) < 4.78 is 227. The van der Waals surface area contributed by atoms with Crippen LogP contribution in [0.15, 0.2) is 42.1 Å². The fourth-order valence-corrected chi connectivity index (χ4v) is 2.40. The van der Waals surface area contributed by atoms with Crippen LogP contribution >= 0.6 is 0 Å². The van der Waals surface area contributed by atoms with E-state index in [1.54, 1.807) is 10.9 Å². The predicted molar refractivity (Wildman–Crippen MR) is 97.6 cm³/mol. The highest BCUT2D eigenvalue weighted by molar-refractivity contribution is 5.93. The third-order valence-electron chi connectivity index (χ3n) is 4.67. The Kier molecular flexibility index (Phi) is 9.30. The van der Waals surface area contributed by atoms with Gasteiger partial charge in [0.25, 0.3) is 5.91 Å². The van der Waals surface area contributed by atoms with E-state index in [0.29, 0.717) is 6.92 Å². The second kappa shape index (κ2) is 10.7. The lowest BCUT2D eigenvalue weighted by atomic mass is 9.90. The highest BCUT2D eigenvalue weighted by Gasteiger charge is 2.95. The molecule has 1 aromatic rings. The summed E-state index contributed by atoms with van der Waals surface area (Å²) in [4.78, 5) is 23.2. The van der Waals surface area contributed by atoms with Gasteiger partial charge >= 0.3 is 53.8 Å². The molecule has 0 saturated carbocycles. The van der Waals surface area contributed by atoms with E-state index in [1.807, 2.05) is 0 Å². The number of nitrogens with one attached hydrogen (secondary N) is 2. The second-order valence-corrected chi connectivity index (χ2v) is 7.65. The maximum atomic E-state index is 13.7. The number of hydrogen-bond donors (Lipinski definition) is 2. The highest BCUT2D eigenvalue weighted by atomic mass is 19.4. The smallest absolute Gasteiger partial charge is 0.393 e. The topological polar surface area (TPSA) is 67.4 Å². The van der Waals surface area contributed by atoms with Gasteiger partial charge in [0.1, 0.15) is 0 Å².